The normalized spacial score (nSPS) is 11.9. The highest BCUT2D eigenvalue weighted by molar-refractivity contribution is 5.74. The van der Waals surface area contributed by atoms with Crippen molar-refractivity contribution in [2.75, 3.05) is 0 Å². The molecule has 0 spiro atoms. The van der Waals surface area contributed by atoms with Gasteiger partial charge < -0.3 is 5.32 Å². The molecule has 1 aromatic heterocycles. The molecule has 21 heavy (non-hydrogen) atoms. The van der Waals surface area contributed by atoms with E-state index in [0.717, 1.165) is 24.0 Å². The van der Waals surface area contributed by atoms with Crippen LogP contribution in [0.1, 0.15) is 26.7 Å². The number of pyridine rings is 1. The van der Waals surface area contributed by atoms with Gasteiger partial charge in [-0.1, -0.05) is 43.7 Å². The maximum atomic E-state index is 12.0. The standard InChI is InChI=1S/C18H22N2O/c1-3-8-15(2)19-18(21)14-20-12-7-11-17(13-20)16-9-5-4-6-10-16/h4-7,9-13,15H,3,8,14H2,1-2H3/p+1/t15-/m1/s1. The van der Waals surface area contributed by atoms with Gasteiger partial charge >= 0.3 is 0 Å². The second kappa shape index (κ2) is 7.58. The number of amides is 1. The highest BCUT2D eigenvalue weighted by Crippen LogP contribution is 2.15. The Morgan fingerprint density at radius 1 is 1.14 bits per heavy atom. The maximum Gasteiger partial charge on any atom is 0.286 e. The highest BCUT2D eigenvalue weighted by Gasteiger charge is 2.12. The molecule has 3 nitrogen and oxygen atoms in total. The molecule has 0 radical (unpaired) electrons. The molecule has 0 aliphatic rings. The smallest absolute Gasteiger partial charge is 0.286 e. The molecule has 0 saturated heterocycles. The van der Waals surface area contributed by atoms with E-state index in [4.69, 9.17) is 0 Å². The van der Waals surface area contributed by atoms with Crippen molar-refractivity contribution in [3.63, 3.8) is 0 Å². The predicted octanol–water partition coefficient (Wildman–Crippen LogP) is 2.95. The molecule has 1 aromatic carbocycles. The van der Waals surface area contributed by atoms with Crippen LogP contribution < -0.4 is 9.88 Å². The first-order valence-electron chi connectivity index (χ1n) is 7.53. The SMILES string of the molecule is CCC[C@@H](C)NC(=O)C[n+]1cccc(-c2ccccc2)c1. The molecule has 0 bridgehead atoms. The van der Waals surface area contributed by atoms with Crippen molar-refractivity contribution in [2.24, 2.45) is 0 Å². The molecule has 1 heterocycles. The van der Waals surface area contributed by atoms with E-state index in [0.29, 0.717) is 6.54 Å². The van der Waals surface area contributed by atoms with Crippen LogP contribution in [0.2, 0.25) is 0 Å². The third kappa shape index (κ3) is 4.71. The predicted molar refractivity (Wildman–Crippen MR) is 84.6 cm³/mol. The minimum absolute atomic E-state index is 0.0613. The van der Waals surface area contributed by atoms with Gasteiger partial charge in [0.25, 0.3) is 5.91 Å². The van der Waals surface area contributed by atoms with Gasteiger partial charge in [-0.2, -0.15) is 4.57 Å². The number of hydrogen-bond acceptors (Lipinski definition) is 1. The Morgan fingerprint density at radius 2 is 1.86 bits per heavy atom. The summed E-state index contributed by atoms with van der Waals surface area (Å²) in [4.78, 5) is 12.0. The number of aromatic nitrogens is 1. The van der Waals surface area contributed by atoms with E-state index in [1.54, 1.807) is 0 Å². The van der Waals surface area contributed by atoms with Gasteiger partial charge in [0.15, 0.2) is 12.4 Å². The molecule has 1 N–H and O–H groups in total. The van der Waals surface area contributed by atoms with Crippen molar-refractivity contribution in [2.45, 2.75) is 39.3 Å². The fourth-order valence-electron chi connectivity index (χ4n) is 2.41. The molecule has 0 aliphatic carbocycles. The minimum Gasteiger partial charge on any atom is -0.348 e. The fraction of sp³-hybridized carbons (Fsp3) is 0.333. The van der Waals surface area contributed by atoms with Crippen molar-refractivity contribution < 1.29 is 9.36 Å². The molecule has 1 amide bonds. The van der Waals surface area contributed by atoms with E-state index in [1.807, 2.05) is 48.1 Å². The Balaban J connectivity index is 2.03. The zero-order valence-corrected chi connectivity index (χ0v) is 12.8. The summed E-state index contributed by atoms with van der Waals surface area (Å²) in [7, 11) is 0. The van der Waals surface area contributed by atoms with Gasteiger partial charge in [0.1, 0.15) is 0 Å². The summed E-state index contributed by atoms with van der Waals surface area (Å²) in [5.41, 5.74) is 2.28. The lowest BCUT2D eigenvalue weighted by molar-refractivity contribution is -0.684. The van der Waals surface area contributed by atoms with Crippen molar-refractivity contribution >= 4 is 5.91 Å². The third-order valence-corrected chi connectivity index (χ3v) is 3.42. The minimum atomic E-state index is 0.0613. The lowest BCUT2D eigenvalue weighted by Crippen LogP contribution is -2.45. The molecule has 0 fully saturated rings. The summed E-state index contributed by atoms with van der Waals surface area (Å²) in [6.45, 7) is 4.53. The van der Waals surface area contributed by atoms with Crippen LogP contribution >= 0.6 is 0 Å². The number of benzene rings is 1. The Bertz CT molecular complexity index is 581. The number of nitrogens with zero attached hydrogens (tertiary/aromatic N) is 1. The zero-order valence-electron chi connectivity index (χ0n) is 12.8. The summed E-state index contributed by atoms with van der Waals surface area (Å²) in [6.07, 6.45) is 6.04. The summed E-state index contributed by atoms with van der Waals surface area (Å²) >= 11 is 0. The first-order valence-corrected chi connectivity index (χ1v) is 7.53. The molecule has 2 rings (SSSR count). The molecule has 0 saturated carbocycles. The van der Waals surface area contributed by atoms with Crippen molar-refractivity contribution in [3.8, 4) is 11.1 Å². The van der Waals surface area contributed by atoms with Gasteiger partial charge in [-0.15, -0.1) is 0 Å². The molecular weight excluding hydrogens is 260 g/mol. The largest absolute Gasteiger partial charge is 0.348 e. The highest BCUT2D eigenvalue weighted by atomic mass is 16.2. The monoisotopic (exact) mass is 283 g/mol. The van der Waals surface area contributed by atoms with Crippen LogP contribution in [0.3, 0.4) is 0 Å². The number of hydrogen-bond donors (Lipinski definition) is 1. The van der Waals surface area contributed by atoms with Crippen molar-refractivity contribution in [1.29, 1.82) is 0 Å². The summed E-state index contributed by atoms with van der Waals surface area (Å²) in [5, 5.41) is 3.03. The second-order valence-electron chi connectivity index (χ2n) is 5.39. The summed E-state index contributed by atoms with van der Waals surface area (Å²) in [6, 6.07) is 14.5. The Kier molecular flexibility index (Phi) is 5.50. The van der Waals surface area contributed by atoms with E-state index in [2.05, 4.69) is 30.4 Å². The average Bonchev–Trinajstić information content (AvgIpc) is 2.48. The zero-order chi connectivity index (χ0) is 15.1. The van der Waals surface area contributed by atoms with Gasteiger partial charge in [-0.3, -0.25) is 4.79 Å². The van der Waals surface area contributed by atoms with E-state index in [1.165, 1.54) is 0 Å². The van der Waals surface area contributed by atoms with E-state index in [9.17, 15) is 4.79 Å². The molecule has 110 valence electrons. The molecule has 1 atom stereocenters. The lowest BCUT2D eigenvalue weighted by atomic mass is 10.1. The first-order chi connectivity index (χ1) is 10.2. The Hall–Kier alpha value is -2.16. The van der Waals surface area contributed by atoms with Crippen LogP contribution in [0.25, 0.3) is 11.1 Å². The molecule has 2 aromatic rings. The van der Waals surface area contributed by atoms with E-state index in [-0.39, 0.29) is 11.9 Å². The molecule has 0 unspecified atom stereocenters. The number of carbonyl (C=O) groups excluding carboxylic acids is 1. The van der Waals surface area contributed by atoms with Crippen molar-refractivity contribution in [1.82, 2.24) is 5.32 Å². The Labute approximate surface area is 126 Å². The second-order valence-corrected chi connectivity index (χ2v) is 5.39. The molecular formula is C18H23N2O+. The van der Waals surface area contributed by atoms with E-state index < -0.39 is 0 Å². The van der Waals surface area contributed by atoms with E-state index >= 15 is 0 Å². The number of rotatable bonds is 6. The van der Waals surface area contributed by atoms with Crippen LogP contribution in [0.5, 0.6) is 0 Å². The summed E-state index contributed by atoms with van der Waals surface area (Å²) < 4.78 is 1.93. The lowest BCUT2D eigenvalue weighted by Gasteiger charge is -2.11. The van der Waals surface area contributed by atoms with Gasteiger partial charge in [0, 0.05) is 17.7 Å². The van der Waals surface area contributed by atoms with Gasteiger partial charge in [0.2, 0.25) is 6.54 Å². The van der Waals surface area contributed by atoms with Crippen LogP contribution in [-0.4, -0.2) is 11.9 Å². The summed E-state index contributed by atoms with van der Waals surface area (Å²) in [5.74, 6) is 0.0613. The van der Waals surface area contributed by atoms with Crippen molar-refractivity contribution in [3.05, 3.63) is 54.9 Å². The van der Waals surface area contributed by atoms with Crippen LogP contribution in [-0.2, 0) is 11.3 Å². The van der Waals surface area contributed by atoms with Crippen LogP contribution in [0, 0.1) is 0 Å². The fourth-order valence-corrected chi connectivity index (χ4v) is 2.41. The maximum absolute atomic E-state index is 12.0. The van der Waals surface area contributed by atoms with Gasteiger partial charge in [0.05, 0.1) is 0 Å². The third-order valence-electron chi connectivity index (χ3n) is 3.42. The Morgan fingerprint density at radius 3 is 2.57 bits per heavy atom. The molecule has 0 aliphatic heterocycles. The quantitative estimate of drug-likeness (QED) is 0.812. The first kappa shape index (κ1) is 15.2. The van der Waals surface area contributed by atoms with Crippen LogP contribution in [0.15, 0.2) is 54.9 Å². The topological polar surface area (TPSA) is 33.0 Å². The van der Waals surface area contributed by atoms with Gasteiger partial charge in [-0.05, 0) is 25.0 Å². The average molecular weight is 283 g/mol. The molecule has 3 heteroatoms. The number of nitrogens with one attached hydrogen (secondary N) is 1. The number of carbonyl (C=O) groups is 1. The van der Waals surface area contributed by atoms with Gasteiger partial charge in [-0.25, -0.2) is 0 Å². The van der Waals surface area contributed by atoms with Crippen LogP contribution in [0.4, 0.5) is 0 Å².